The summed E-state index contributed by atoms with van der Waals surface area (Å²) in [5.41, 5.74) is 21.5. The first-order valence-corrected chi connectivity index (χ1v) is 6.52. The Morgan fingerprint density at radius 3 is 1.28 bits per heavy atom. The van der Waals surface area contributed by atoms with Crippen molar-refractivity contribution in [1.82, 2.24) is 0 Å². The van der Waals surface area contributed by atoms with Gasteiger partial charge < -0.3 is 22.9 Å². The zero-order valence-corrected chi connectivity index (χ0v) is 10.9. The van der Waals surface area contributed by atoms with Crippen LogP contribution in [0.25, 0.3) is 0 Å². The molecule has 106 valence electrons. The predicted molar refractivity (Wildman–Crippen MR) is 71.3 cm³/mol. The lowest BCUT2D eigenvalue weighted by Crippen LogP contribution is -2.30. The van der Waals surface area contributed by atoms with E-state index in [1.807, 2.05) is 0 Å². The topological polar surface area (TPSA) is 138 Å². The summed E-state index contributed by atoms with van der Waals surface area (Å²) in [6.45, 7) is 0. The Labute approximate surface area is 108 Å². The molecular weight excluding hydrogens is 232 g/mol. The number of hydrogen-bond donors (Lipinski definition) is 4. The van der Waals surface area contributed by atoms with Crippen molar-refractivity contribution in [2.75, 3.05) is 0 Å². The zero-order valence-electron chi connectivity index (χ0n) is 10.9. The molecule has 0 atom stereocenters. The van der Waals surface area contributed by atoms with Gasteiger partial charge in [-0.15, -0.1) is 0 Å². The summed E-state index contributed by atoms with van der Waals surface area (Å²) < 4.78 is 0. The van der Waals surface area contributed by atoms with Crippen LogP contribution in [-0.4, -0.2) is 23.9 Å². The molecule has 0 saturated carbocycles. The van der Waals surface area contributed by atoms with Gasteiger partial charge in [0, 0.05) is 12.8 Å². The van der Waals surface area contributed by atoms with Crippen LogP contribution in [0, 0.1) is 0 Å². The maximum Gasteiger partial charge on any atom is 0.198 e. The Hall–Kier alpha value is -0.820. The third-order valence-electron chi connectivity index (χ3n) is 2.69. The van der Waals surface area contributed by atoms with Crippen molar-refractivity contribution in [3.63, 3.8) is 0 Å². The lowest BCUT2D eigenvalue weighted by atomic mass is 10.0. The van der Waals surface area contributed by atoms with Gasteiger partial charge in [0.2, 0.25) is 0 Å². The second-order valence-corrected chi connectivity index (χ2v) is 4.67. The molecule has 0 spiro atoms. The minimum Gasteiger partial charge on any atom is -0.316 e. The van der Waals surface area contributed by atoms with Crippen LogP contribution < -0.4 is 22.9 Å². The van der Waals surface area contributed by atoms with Gasteiger partial charge in [0.15, 0.2) is 11.6 Å². The molecule has 0 heterocycles. The summed E-state index contributed by atoms with van der Waals surface area (Å²) >= 11 is 0. The summed E-state index contributed by atoms with van der Waals surface area (Å²) in [5.74, 6) is -0.588. The summed E-state index contributed by atoms with van der Waals surface area (Å²) in [6.07, 6.45) is 4.16. The van der Waals surface area contributed by atoms with Gasteiger partial charge in [-0.05, 0) is 25.7 Å². The fraction of sp³-hybridized carbons (Fsp3) is 0.833. The molecule has 0 amide bonds. The average Bonchev–Trinajstić information content (AvgIpc) is 2.29. The molecule has 0 aliphatic heterocycles. The maximum absolute atomic E-state index is 11.5. The normalized spacial score (nSPS) is 11.2. The number of hydrogen-bond acceptors (Lipinski definition) is 6. The Morgan fingerprint density at radius 2 is 1.00 bits per heavy atom. The molecule has 6 heteroatoms. The van der Waals surface area contributed by atoms with Crippen LogP contribution in [0.1, 0.15) is 51.4 Å². The van der Waals surface area contributed by atoms with Crippen molar-refractivity contribution in [1.29, 1.82) is 0 Å². The van der Waals surface area contributed by atoms with Gasteiger partial charge in [-0.3, -0.25) is 9.59 Å². The lowest BCUT2D eigenvalue weighted by molar-refractivity contribution is -0.136. The standard InChI is InChI=1S/C12H26N4O2/c13-11(14)7-3-1-5-9(17)10(18)6-2-4-8-12(15)16/h11-12H,1-8,13-16H2. The highest BCUT2D eigenvalue weighted by Gasteiger charge is 2.12. The SMILES string of the molecule is NC(N)CCCCC(=O)C(=O)CCCCC(N)N. The number of unbranched alkanes of at least 4 members (excludes halogenated alkanes) is 2. The van der Waals surface area contributed by atoms with Crippen LogP contribution >= 0.6 is 0 Å². The first-order valence-electron chi connectivity index (χ1n) is 6.52. The van der Waals surface area contributed by atoms with E-state index in [9.17, 15) is 9.59 Å². The van der Waals surface area contributed by atoms with Crippen molar-refractivity contribution in [2.45, 2.75) is 63.7 Å². The Balaban J connectivity index is 3.55. The first-order chi connectivity index (χ1) is 8.43. The van der Waals surface area contributed by atoms with E-state index >= 15 is 0 Å². The first kappa shape index (κ1) is 17.2. The van der Waals surface area contributed by atoms with Crippen molar-refractivity contribution < 1.29 is 9.59 Å². The maximum atomic E-state index is 11.5. The Kier molecular flexibility index (Phi) is 9.67. The summed E-state index contributed by atoms with van der Waals surface area (Å²) in [4.78, 5) is 22.9. The fourth-order valence-electron chi connectivity index (χ4n) is 1.61. The predicted octanol–water partition coefficient (Wildman–Crippen LogP) is -0.268. The van der Waals surface area contributed by atoms with Gasteiger partial charge in [0.05, 0.1) is 12.3 Å². The van der Waals surface area contributed by atoms with Crippen LogP contribution in [0.15, 0.2) is 0 Å². The van der Waals surface area contributed by atoms with E-state index < -0.39 is 0 Å². The third kappa shape index (κ3) is 10.3. The van der Waals surface area contributed by atoms with E-state index in [0.717, 1.165) is 12.8 Å². The molecule has 0 aromatic carbocycles. The van der Waals surface area contributed by atoms with Crippen LogP contribution in [-0.2, 0) is 9.59 Å². The van der Waals surface area contributed by atoms with Crippen molar-refractivity contribution >= 4 is 11.6 Å². The molecule has 6 nitrogen and oxygen atoms in total. The molecule has 18 heavy (non-hydrogen) atoms. The Morgan fingerprint density at radius 1 is 0.667 bits per heavy atom. The van der Waals surface area contributed by atoms with Gasteiger partial charge in [-0.2, -0.15) is 0 Å². The number of carbonyl (C=O) groups is 2. The molecule has 0 aliphatic rings. The highest BCUT2D eigenvalue weighted by atomic mass is 16.2. The minimum absolute atomic E-state index is 0.294. The van der Waals surface area contributed by atoms with E-state index in [1.54, 1.807) is 0 Å². The van der Waals surface area contributed by atoms with Crippen LogP contribution in [0.5, 0.6) is 0 Å². The van der Waals surface area contributed by atoms with Crippen LogP contribution in [0.3, 0.4) is 0 Å². The monoisotopic (exact) mass is 258 g/mol. The number of Topliss-reactive ketones (excluding diaryl/α,β-unsaturated/α-hetero) is 2. The van der Waals surface area contributed by atoms with Gasteiger partial charge in [-0.1, -0.05) is 12.8 Å². The Bertz CT molecular complexity index is 228. The van der Waals surface area contributed by atoms with Crippen LogP contribution in [0.2, 0.25) is 0 Å². The molecule has 0 bridgehead atoms. The lowest BCUT2D eigenvalue weighted by Gasteiger charge is -2.05. The van der Waals surface area contributed by atoms with E-state index in [4.69, 9.17) is 22.9 Å². The van der Waals surface area contributed by atoms with Crippen LogP contribution in [0.4, 0.5) is 0 Å². The van der Waals surface area contributed by atoms with Crippen molar-refractivity contribution in [3.05, 3.63) is 0 Å². The summed E-state index contributed by atoms with van der Waals surface area (Å²) in [7, 11) is 0. The molecule has 0 aromatic rings. The smallest absolute Gasteiger partial charge is 0.198 e. The number of nitrogens with two attached hydrogens (primary N) is 4. The second-order valence-electron chi connectivity index (χ2n) is 4.67. The molecule has 0 unspecified atom stereocenters. The molecule has 0 fully saturated rings. The highest BCUT2D eigenvalue weighted by molar-refractivity contribution is 6.37. The van der Waals surface area contributed by atoms with Crippen molar-refractivity contribution in [2.24, 2.45) is 22.9 Å². The van der Waals surface area contributed by atoms with Gasteiger partial charge in [0.1, 0.15) is 0 Å². The average molecular weight is 258 g/mol. The molecule has 0 rings (SSSR count). The van der Waals surface area contributed by atoms with E-state index in [1.165, 1.54) is 0 Å². The molecule has 0 radical (unpaired) electrons. The van der Waals surface area contributed by atoms with E-state index in [0.29, 0.717) is 38.5 Å². The minimum atomic E-state index is -0.337. The summed E-state index contributed by atoms with van der Waals surface area (Å²) in [6, 6.07) is 0. The molecule has 8 N–H and O–H groups in total. The molecule has 0 aromatic heterocycles. The largest absolute Gasteiger partial charge is 0.316 e. The van der Waals surface area contributed by atoms with Gasteiger partial charge in [0.25, 0.3) is 0 Å². The highest BCUT2D eigenvalue weighted by Crippen LogP contribution is 2.06. The number of carbonyl (C=O) groups excluding carboxylic acids is 2. The van der Waals surface area contributed by atoms with E-state index in [-0.39, 0.29) is 23.9 Å². The molecule has 0 aliphatic carbocycles. The number of ketones is 2. The van der Waals surface area contributed by atoms with Crippen molar-refractivity contribution in [3.8, 4) is 0 Å². The molecule has 0 saturated heterocycles. The zero-order chi connectivity index (χ0) is 14.0. The fourth-order valence-corrected chi connectivity index (χ4v) is 1.61. The van der Waals surface area contributed by atoms with E-state index in [2.05, 4.69) is 0 Å². The summed E-state index contributed by atoms with van der Waals surface area (Å²) in [5, 5.41) is 0. The second kappa shape index (κ2) is 10.1. The quantitative estimate of drug-likeness (QED) is 0.229. The molecular formula is C12H26N4O2. The van der Waals surface area contributed by atoms with Gasteiger partial charge >= 0.3 is 0 Å². The van der Waals surface area contributed by atoms with Gasteiger partial charge in [-0.25, -0.2) is 0 Å². The third-order valence-corrected chi connectivity index (χ3v) is 2.69. The number of rotatable bonds is 11.